The minimum absolute atomic E-state index is 0.270. The van der Waals surface area contributed by atoms with Gasteiger partial charge in [0.25, 0.3) is 0 Å². The van der Waals surface area contributed by atoms with Crippen molar-refractivity contribution < 1.29 is 17.9 Å². The van der Waals surface area contributed by atoms with Gasteiger partial charge in [0.15, 0.2) is 5.11 Å². The highest BCUT2D eigenvalue weighted by atomic mass is 32.1. The Kier molecular flexibility index (Phi) is 6.25. The maximum Gasteiger partial charge on any atom is 0.573 e. The van der Waals surface area contributed by atoms with Gasteiger partial charge in [-0.15, -0.1) is 13.2 Å². The third kappa shape index (κ3) is 6.26. The van der Waals surface area contributed by atoms with Gasteiger partial charge in [-0.25, -0.2) is 0 Å². The topological polar surface area (TPSA) is 24.5 Å². The Morgan fingerprint density at radius 2 is 1.60 bits per heavy atom. The highest BCUT2D eigenvalue weighted by Crippen LogP contribution is 2.24. The van der Waals surface area contributed by atoms with E-state index in [1.54, 1.807) is 0 Å². The molecule has 0 aliphatic rings. The Balaban J connectivity index is 1.91. The Bertz CT molecular complexity index is 700. The van der Waals surface area contributed by atoms with Crippen LogP contribution in [0.2, 0.25) is 0 Å². The second kappa shape index (κ2) is 8.20. The first-order chi connectivity index (χ1) is 11.8. The number of thiocarbonyl (C=S) groups is 1. The lowest BCUT2D eigenvalue weighted by Crippen LogP contribution is -2.30. The molecule has 0 heterocycles. The number of ether oxygens (including phenoxy) is 1. The maximum absolute atomic E-state index is 12.1. The third-order valence-electron chi connectivity index (χ3n) is 3.54. The monoisotopic (exact) mass is 368 g/mol. The van der Waals surface area contributed by atoms with Crippen LogP contribution in [0.1, 0.15) is 18.1 Å². The zero-order valence-electron chi connectivity index (χ0n) is 13.9. The number of aryl methyl sites for hydroxylation is 1. The molecular formula is C18H19F3N2OS. The van der Waals surface area contributed by atoms with Gasteiger partial charge in [-0.3, -0.25) is 0 Å². The summed E-state index contributed by atoms with van der Waals surface area (Å²) in [5.74, 6) is -0.270. The first-order valence-electron chi connectivity index (χ1n) is 7.72. The molecule has 0 aromatic heterocycles. The van der Waals surface area contributed by atoms with Gasteiger partial charge in [0.1, 0.15) is 5.75 Å². The predicted molar refractivity (Wildman–Crippen MR) is 96.6 cm³/mol. The van der Waals surface area contributed by atoms with Crippen molar-refractivity contribution in [3.63, 3.8) is 0 Å². The number of halogens is 3. The number of rotatable bonds is 5. The average Bonchev–Trinajstić information content (AvgIpc) is 2.56. The van der Waals surface area contributed by atoms with Gasteiger partial charge in [0.2, 0.25) is 0 Å². The molecule has 0 fully saturated rings. The molecule has 2 aromatic carbocycles. The molecule has 134 valence electrons. The van der Waals surface area contributed by atoms with Crippen LogP contribution in [0.5, 0.6) is 5.75 Å². The molecule has 0 saturated heterocycles. The number of nitrogens with zero attached hydrogens (tertiary/aromatic N) is 1. The summed E-state index contributed by atoms with van der Waals surface area (Å²) in [5.41, 5.74) is 2.98. The van der Waals surface area contributed by atoms with Gasteiger partial charge >= 0.3 is 6.36 Å². The van der Waals surface area contributed by atoms with Crippen molar-refractivity contribution in [1.29, 1.82) is 0 Å². The van der Waals surface area contributed by atoms with Crippen LogP contribution in [0, 0.1) is 0 Å². The molecule has 0 unspecified atom stereocenters. The second-order valence-corrected chi connectivity index (χ2v) is 5.92. The van der Waals surface area contributed by atoms with E-state index in [0.717, 1.165) is 12.0 Å². The predicted octanol–water partition coefficient (Wildman–Crippen LogP) is 4.98. The normalized spacial score (nSPS) is 11.1. The summed E-state index contributed by atoms with van der Waals surface area (Å²) >= 11 is 5.33. The maximum atomic E-state index is 12.1. The van der Waals surface area contributed by atoms with Crippen LogP contribution in [-0.2, 0) is 13.0 Å². The molecule has 0 spiro atoms. The molecule has 0 saturated carbocycles. The van der Waals surface area contributed by atoms with Crippen LogP contribution in [0.15, 0.2) is 48.5 Å². The molecule has 2 aromatic rings. The summed E-state index contributed by atoms with van der Waals surface area (Å²) in [6, 6.07) is 13.7. The van der Waals surface area contributed by atoms with E-state index < -0.39 is 6.36 Å². The summed E-state index contributed by atoms with van der Waals surface area (Å²) in [5, 5.41) is 3.47. The van der Waals surface area contributed by atoms with Crippen molar-refractivity contribution in [1.82, 2.24) is 4.90 Å². The van der Waals surface area contributed by atoms with Crippen LogP contribution in [-0.4, -0.2) is 23.4 Å². The molecule has 3 nitrogen and oxygen atoms in total. The van der Waals surface area contributed by atoms with Gasteiger partial charge in [-0.2, -0.15) is 0 Å². The highest BCUT2D eigenvalue weighted by Gasteiger charge is 2.30. The number of nitrogens with one attached hydrogen (secondary N) is 1. The largest absolute Gasteiger partial charge is 0.573 e. The lowest BCUT2D eigenvalue weighted by molar-refractivity contribution is -0.274. The molecule has 2 rings (SSSR count). The fraction of sp³-hybridized carbons (Fsp3) is 0.278. The number of hydrogen-bond donors (Lipinski definition) is 1. The zero-order chi connectivity index (χ0) is 18.4. The number of anilines is 1. The lowest BCUT2D eigenvalue weighted by atomic mass is 10.1. The number of alkyl halides is 3. The van der Waals surface area contributed by atoms with E-state index in [2.05, 4.69) is 41.2 Å². The Hall–Kier alpha value is -2.28. The quantitative estimate of drug-likeness (QED) is 0.753. The molecule has 0 atom stereocenters. The zero-order valence-corrected chi connectivity index (χ0v) is 14.7. The summed E-state index contributed by atoms with van der Waals surface area (Å²) in [6.07, 6.45) is -3.71. The second-order valence-electron chi connectivity index (χ2n) is 5.53. The van der Waals surface area contributed by atoms with Gasteiger partial charge in [0, 0.05) is 19.3 Å². The van der Waals surface area contributed by atoms with Crippen molar-refractivity contribution in [2.24, 2.45) is 0 Å². The van der Waals surface area contributed by atoms with Crippen molar-refractivity contribution in [2.45, 2.75) is 26.3 Å². The van der Waals surface area contributed by atoms with E-state index in [1.165, 1.54) is 29.8 Å². The van der Waals surface area contributed by atoms with Gasteiger partial charge in [-0.05, 0) is 54.0 Å². The van der Waals surface area contributed by atoms with Gasteiger partial charge in [-0.1, -0.05) is 31.2 Å². The first-order valence-corrected chi connectivity index (χ1v) is 8.13. The number of hydrogen-bond acceptors (Lipinski definition) is 2. The van der Waals surface area contributed by atoms with Crippen LogP contribution in [0.4, 0.5) is 18.9 Å². The smallest absolute Gasteiger partial charge is 0.406 e. The van der Waals surface area contributed by atoms with Crippen molar-refractivity contribution >= 4 is 23.0 Å². The van der Waals surface area contributed by atoms with E-state index in [0.29, 0.717) is 17.3 Å². The molecule has 7 heteroatoms. The van der Waals surface area contributed by atoms with E-state index in [1.807, 2.05) is 11.9 Å². The molecule has 0 aliphatic heterocycles. The van der Waals surface area contributed by atoms with Gasteiger partial charge < -0.3 is 15.0 Å². The highest BCUT2D eigenvalue weighted by molar-refractivity contribution is 7.80. The van der Waals surface area contributed by atoms with E-state index in [-0.39, 0.29) is 5.75 Å². The fourth-order valence-electron chi connectivity index (χ4n) is 2.18. The van der Waals surface area contributed by atoms with E-state index in [4.69, 9.17) is 12.2 Å². The van der Waals surface area contributed by atoms with Crippen LogP contribution < -0.4 is 10.1 Å². The standard InChI is InChI=1S/C18H19F3N2OS/c1-3-13-4-6-14(7-5-13)12-23(2)17(25)22-15-8-10-16(11-9-15)24-18(19,20)21/h4-11H,3,12H2,1-2H3,(H,22,25). The van der Waals surface area contributed by atoms with Crippen LogP contribution in [0.25, 0.3) is 0 Å². The molecule has 1 N–H and O–H groups in total. The Morgan fingerprint density at radius 1 is 1.04 bits per heavy atom. The van der Waals surface area contributed by atoms with Crippen molar-refractivity contribution in [2.75, 3.05) is 12.4 Å². The minimum atomic E-state index is -4.70. The summed E-state index contributed by atoms with van der Waals surface area (Å²) < 4.78 is 40.3. The number of benzene rings is 2. The van der Waals surface area contributed by atoms with Crippen molar-refractivity contribution in [3.8, 4) is 5.75 Å². The first kappa shape index (κ1) is 19.1. The van der Waals surface area contributed by atoms with E-state index >= 15 is 0 Å². The lowest BCUT2D eigenvalue weighted by Gasteiger charge is -2.21. The van der Waals surface area contributed by atoms with E-state index in [9.17, 15) is 13.2 Å². The van der Waals surface area contributed by atoms with Crippen LogP contribution in [0.3, 0.4) is 0 Å². The van der Waals surface area contributed by atoms with Gasteiger partial charge in [0.05, 0.1) is 0 Å². The third-order valence-corrected chi connectivity index (χ3v) is 3.95. The summed E-state index contributed by atoms with van der Waals surface area (Å²) in [6.45, 7) is 2.73. The van der Waals surface area contributed by atoms with Crippen molar-refractivity contribution in [3.05, 3.63) is 59.7 Å². The molecule has 0 amide bonds. The average molecular weight is 368 g/mol. The molecule has 0 radical (unpaired) electrons. The molecule has 0 bridgehead atoms. The van der Waals surface area contributed by atoms with Crippen LogP contribution >= 0.6 is 12.2 Å². The molecule has 25 heavy (non-hydrogen) atoms. The molecular weight excluding hydrogens is 349 g/mol. The Morgan fingerprint density at radius 3 is 2.12 bits per heavy atom. The minimum Gasteiger partial charge on any atom is -0.406 e. The summed E-state index contributed by atoms with van der Waals surface area (Å²) in [7, 11) is 1.85. The Labute approximate surface area is 150 Å². The fourth-order valence-corrected chi connectivity index (χ4v) is 2.37. The summed E-state index contributed by atoms with van der Waals surface area (Å²) in [4.78, 5) is 1.86. The SMILES string of the molecule is CCc1ccc(CN(C)C(=S)Nc2ccc(OC(F)(F)F)cc2)cc1. The molecule has 0 aliphatic carbocycles.